The smallest absolute Gasteiger partial charge is 0.244 e. The highest BCUT2D eigenvalue weighted by Crippen LogP contribution is 2.26. The van der Waals surface area contributed by atoms with E-state index in [-0.39, 0.29) is 12.3 Å². The molecule has 1 aromatic heterocycles. The van der Waals surface area contributed by atoms with E-state index in [4.69, 9.17) is 16.0 Å². The van der Waals surface area contributed by atoms with Crippen LogP contribution in [-0.4, -0.2) is 17.9 Å². The number of hydrogen-bond donors (Lipinski definition) is 1. The molecular formula is C16H17ClN2O2S. The van der Waals surface area contributed by atoms with Crippen molar-refractivity contribution in [3.8, 4) is 0 Å². The third-order valence-electron chi connectivity index (χ3n) is 2.82. The van der Waals surface area contributed by atoms with E-state index in [0.29, 0.717) is 10.8 Å². The van der Waals surface area contributed by atoms with Crippen molar-refractivity contribution in [1.82, 2.24) is 5.43 Å². The van der Waals surface area contributed by atoms with Gasteiger partial charge in [0.1, 0.15) is 11.5 Å². The summed E-state index contributed by atoms with van der Waals surface area (Å²) in [5, 5.41) is 4.51. The van der Waals surface area contributed by atoms with E-state index >= 15 is 0 Å². The average molecular weight is 337 g/mol. The lowest BCUT2D eigenvalue weighted by molar-refractivity contribution is -0.120. The van der Waals surface area contributed by atoms with Crippen LogP contribution in [0, 0.1) is 6.92 Å². The van der Waals surface area contributed by atoms with Gasteiger partial charge < -0.3 is 4.42 Å². The maximum Gasteiger partial charge on any atom is 0.244 e. The van der Waals surface area contributed by atoms with E-state index in [9.17, 15) is 4.79 Å². The van der Waals surface area contributed by atoms with Crippen molar-refractivity contribution in [3.05, 3.63) is 52.4 Å². The van der Waals surface area contributed by atoms with Gasteiger partial charge in [-0.2, -0.15) is 5.10 Å². The van der Waals surface area contributed by atoms with Crippen molar-refractivity contribution in [3.63, 3.8) is 0 Å². The third kappa shape index (κ3) is 4.93. The van der Waals surface area contributed by atoms with Gasteiger partial charge in [0, 0.05) is 9.92 Å². The molecule has 0 unspecified atom stereocenters. The maximum absolute atomic E-state index is 12.0. The van der Waals surface area contributed by atoms with Gasteiger partial charge in [0.05, 0.1) is 12.6 Å². The van der Waals surface area contributed by atoms with Crippen LogP contribution in [-0.2, 0) is 11.2 Å². The molecule has 0 saturated carbocycles. The Kier molecular flexibility index (Phi) is 6.10. The van der Waals surface area contributed by atoms with Crippen LogP contribution >= 0.6 is 23.4 Å². The number of carbonyl (C=O) groups excluding carboxylic acids is 1. The van der Waals surface area contributed by atoms with Gasteiger partial charge in [0.2, 0.25) is 5.91 Å². The highest BCUT2D eigenvalue weighted by Gasteiger charge is 2.08. The van der Waals surface area contributed by atoms with Gasteiger partial charge >= 0.3 is 0 Å². The summed E-state index contributed by atoms with van der Waals surface area (Å²) in [5.41, 5.74) is 3.40. The van der Waals surface area contributed by atoms with Crippen molar-refractivity contribution in [2.24, 2.45) is 5.10 Å². The highest BCUT2D eigenvalue weighted by molar-refractivity contribution is 7.99. The van der Waals surface area contributed by atoms with E-state index in [1.165, 1.54) is 6.21 Å². The molecule has 0 radical (unpaired) electrons. The second kappa shape index (κ2) is 8.06. The second-order valence-electron chi connectivity index (χ2n) is 4.60. The Labute approximate surface area is 138 Å². The van der Waals surface area contributed by atoms with Gasteiger partial charge in [-0.25, -0.2) is 5.43 Å². The van der Waals surface area contributed by atoms with E-state index in [2.05, 4.69) is 17.5 Å². The molecule has 0 fully saturated rings. The number of hydrogen-bond acceptors (Lipinski definition) is 4. The predicted molar refractivity (Wildman–Crippen MR) is 90.7 cm³/mol. The van der Waals surface area contributed by atoms with Gasteiger partial charge in [0.15, 0.2) is 0 Å². The molecule has 116 valence electrons. The van der Waals surface area contributed by atoms with Crippen LogP contribution in [0.5, 0.6) is 0 Å². The Morgan fingerprint density at radius 3 is 2.91 bits per heavy atom. The molecule has 1 heterocycles. The SMILES string of the molecule is CCSc1ccc(Cl)cc1CC(=O)N/N=C\c1ccc(C)o1. The Balaban J connectivity index is 1.97. The number of nitrogens with zero attached hydrogens (tertiary/aromatic N) is 1. The van der Waals surface area contributed by atoms with E-state index in [1.807, 2.05) is 31.2 Å². The fourth-order valence-corrected chi connectivity index (χ4v) is 2.87. The molecule has 0 saturated heterocycles. The number of carbonyl (C=O) groups is 1. The molecule has 2 rings (SSSR count). The molecular weight excluding hydrogens is 320 g/mol. The first-order valence-corrected chi connectivity index (χ1v) is 8.24. The summed E-state index contributed by atoms with van der Waals surface area (Å²) >= 11 is 7.69. The Morgan fingerprint density at radius 1 is 1.41 bits per heavy atom. The molecule has 0 aliphatic heterocycles. The number of nitrogens with one attached hydrogen (secondary N) is 1. The number of benzene rings is 1. The quantitative estimate of drug-likeness (QED) is 0.492. The molecule has 0 aliphatic carbocycles. The lowest BCUT2D eigenvalue weighted by atomic mass is 10.1. The van der Waals surface area contributed by atoms with Crippen molar-refractivity contribution in [2.75, 3.05) is 5.75 Å². The summed E-state index contributed by atoms with van der Waals surface area (Å²) in [4.78, 5) is 13.0. The summed E-state index contributed by atoms with van der Waals surface area (Å²) in [6, 6.07) is 9.21. The molecule has 0 spiro atoms. The van der Waals surface area contributed by atoms with Gasteiger partial charge in [-0.1, -0.05) is 18.5 Å². The number of rotatable bonds is 6. The number of halogens is 1. The van der Waals surface area contributed by atoms with Crippen LogP contribution in [0.4, 0.5) is 0 Å². The van der Waals surface area contributed by atoms with Crippen molar-refractivity contribution in [2.45, 2.75) is 25.2 Å². The molecule has 0 atom stereocenters. The number of amides is 1. The molecule has 1 aromatic carbocycles. The normalized spacial score (nSPS) is 11.0. The molecule has 4 nitrogen and oxygen atoms in total. The average Bonchev–Trinajstić information content (AvgIpc) is 2.87. The summed E-state index contributed by atoms with van der Waals surface area (Å²) in [6.07, 6.45) is 1.71. The number of hydrazone groups is 1. The van der Waals surface area contributed by atoms with Crippen LogP contribution in [0.25, 0.3) is 0 Å². The Hall–Kier alpha value is -1.72. The third-order valence-corrected chi connectivity index (χ3v) is 4.05. The number of thioether (sulfide) groups is 1. The molecule has 1 amide bonds. The minimum atomic E-state index is -0.195. The van der Waals surface area contributed by atoms with Crippen LogP contribution in [0.2, 0.25) is 5.02 Å². The molecule has 1 N–H and O–H groups in total. The Morgan fingerprint density at radius 2 is 2.23 bits per heavy atom. The minimum absolute atomic E-state index is 0.195. The fraction of sp³-hybridized carbons (Fsp3) is 0.250. The zero-order valence-corrected chi connectivity index (χ0v) is 14.0. The van der Waals surface area contributed by atoms with Crippen LogP contribution in [0.15, 0.2) is 44.7 Å². The van der Waals surface area contributed by atoms with Gasteiger partial charge in [-0.15, -0.1) is 11.8 Å². The van der Waals surface area contributed by atoms with Crippen molar-refractivity contribution < 1.29 is 9.21 Å². The summed E-state index contributed by atoms with van der Waals surface area (Å²) in [5.74, 6) is 2.14. The topological polar surface area (TPSA) is 54.6 Å². The first kappa shape index (κ1) is 16.6. The van der Waals surface area contributed by atoms with Gasteiger partial charge in [-0.05, 0) is 48.6 Å². The predicted octanol–water partition coefficient (Wildman–Crippen LogP) is 4.05. The molecule has 2 aromatic rings. The molecule has 0 aliphatic rings. The van der Waals surface area contributed by atoms with Crippen LogP contribution < -0.4 is 5.43 Å². The number of aryl methyl sites for hydroxylation is 1. The number of furan rings is 1. The minimum Gasteiger partial charge on any atom is -0.460 e. The van der Waals surface area contributed by atoms with E-state index in [1.54, 1.807) is 17.8 Å². The summed E-state index contributed by atoms with van der Waals surface area (Å²) in [7, 11) is 0. The monoisotopic (exact) mass is 336 g/mol. The standard InChI is InChI=1S/C16H17ClN2O2S/c1-3-22-15-7-5-13(17)8-12(15)9-16(20)19-18-10-14-6-4-11(2)21-14/h4-8,10H,3,9H2,1-2H3,(H,19,20)/b18-10-. The van der Waals surface area contributed by atoms with Crippen molar-refractivity contribution >= 4 is 35.5 Å². The van der Waals surface area contributed by atoms with E-state index in [0.717, 1.165) is 22.0 Å². The lowest BCUT2D eigenvalue weighted by Gasteiger charge is -2.08. The highest BCUT2D eigenvalue weighted by atomic mass is 35.5. The van der Waals surface area contributed by atoms with Crippen LogP contribution in [0.3, 0.4) is 0 Å². The summed E-state index contributed by atoms with van der Waals surface area (Å²) < 4.78 is 5.33. The first-order valence-electron chi connectivity index (χ1n) is 6.88. The van der Waals surface area contributed by atoms with Gasteiger partial charge in [-0.3, -0.25) is 4.79 Å². The maximum atomic E-state index is 12.0. The zero-order chi connectivity index (χ0) is 15.9. The second-order valence-corrected chi connectivity index (χ2v) is 6.35. The fourth-order valence-electron chi connectivity index (χ4n) is 1.89. The summed E-state index contributed by atoms with van der Waals surface area (Å²) in [6.45, 7) is 3.92. The molecule has 6 heteroatoms. The van der Waals surface area contributed by atoms with E-state index < -0.39 is 0 Å². The molecule has 22 heavy (non-hydrogen) atoms. The van der Waals surface area contributed by atoms with Crippen LogP contribution in [0.1, 0.15) is 24.0 Å². The largest absolute Gasteiger partial charge is 0.460 e. The zero-order valence-electron chi connectivity index (χ0n) is 12.4. The first-order chi connectivity index (χ1) is 10.6. The van der Waals surface area contributed by atoms with Crippen molar-refractivity contribution in [1.29, 1.82) is 0 Å². The van der Waals surface area contributed by atoms with Gasteiger partial charge in [0.25, 0.3) is 0 Å². The lowest BCUT2D eigenvalue weighted by Crippen LogP contribution is -2.20. The molecule has 0 bridgehead atoms. The Bertz CT molecular complexity index is 683.